The molecule has 1 heterocycles. The molecule has 44 heavy (non-hydrogen) atoms. The maximum absolute atomic E-state index is 2.57. The fourth-order valence-corrected chi connectivity index (χ4v) is 7.18. The van der Waals surface area contributed by atoms with E-state index in [1.807, 2.05) is 0 Å². The molecule has 0 fully saturated rings. The molecule has 0 saturated carbocycles. The molecule has 1 aromatic heterocycles. The molecule has 1 aromatic rings. The second-order valence-corrected chi connectivity index (χ2v) is 14.8. The molecule has 0 unspecified atom stereocenters. The van der Waals surface area contributed by atoms with E-state index in [4.69, 9.17) is 0 Å². The lowest BCUT2D eigenvalue weighted by Gasteiger charge is -2.08. The Balaban J connectivity index is 1.97. The largest absolute Gasteiger partial charge is 0.258 e. The molecule has 0 saturated heterocycles. The highest BCUT2D eigenvalue weighted by Gasteiger charge is 2.20. The van der Waals surface area contributed by atoms with Crippen LogP contribution < -0.4 is 4.57 Å². The Morgan fingerprint density at radius 2 is 0.727 bits per heavy atom. The van der Waals surface area contributed by atoms with Gasteiger partial charge in [-0.3, -0.25) is 0 Å². The molecular weight excluding hydrogens is 532 g/mol. The smallest absolute Gasteiger partial charge is 0.234 e. The van der Waals surface area contributed by atoms with Gasteiger partial charge in [0.2, 0.25) is 0 Å². The van der Waals surface area contributed by atoms with Crippen molar-refractivity contribution in [1.29, 1.82) is 0 Å². The van der Waals surface area contributed by atoms with Gasteiger partial charge in [-0.15, -0.1) is 0 Å². The van der Waals surface area contributed by atoms with E-state index in [9.17, 15) is 0 Å². The molecule has 1 rings (SSSR count). The first kappa shape index (κ1) is 41.2. The van der Waals surface area contributed by atoms with Crippen LogP contribution >= 0.6 is 0 Å². The summed E-state index contributed by atoms with van der Waals surface area (Å²) in [6.45, 7) is 11.8. The Morgan fingerprint density at radius 3 is 1.05 bits per heavy atom. The van der Waals surface area contributed by atoms with Crippen molar-refractivity contribution >= 4 is 0 Å². The van der Waals surface area contributed by atoms with E-state index in [1.165, 1.54) is 219 Å². The highest BCUT2D eigenvalue weighted by molar-refractivity contribution is 4.89. The van der Waals surface area contributed by atoms with Crippen LogP contribution in [0.15, 0.2) is 12.4 Å². The van der Waals surface area contributed by atoms with Crippen LogP contribution in [0.2, 0.25) is 0 Å². The van der Waals surface area contributed by atoms with Crippen molar-refractivity contribution in [2.45, 2.75) is 252 Å². The van der Waals surface area contributed by atoms with Gasteiger partial charge in [-0.1, -0.05) is 207 Å². The number of hydrogen-bond acceptors (Lipinski definition) is 0. The standard InChI is InChI=1S/C42H83N2/c1-5-7-9-11-13-15-17-19-21-22-24-26-28-30-32-34-36-38-44-40-39-43(42(44)41(3)4)37-35-33-31-29-27-25-23-20-18-16-14-12-10-8-6-2/h39-41H,5-38H2,1-4H3/q+1. The van der Waals surface area contributed by atoms with Gasteiger partial charge in [-0.25, -0.2) is 9.13 Å². The van der Waals surface area contributed by atoms with Gasteiger partial charge in [0.25, 0.3) is 5.82 Å². The van der Waals surface area contributed by atoms with Crippen LogP contribution in [0.3, 0.4) is 0 Å². The van der Waals surface area contributed by atoms with E-state index in [2.05, 4.69) is 49.2 Å². The molecule has 0 aliphatic carbocycles. The third kappa shape index (κ3) is 24.4. The average Bonchev–Trinajstić information content (AvgIpc) is 3.43. The summed E-state index contributed by atoms with van der Waals surface area (Å²) in [7, 11) is 0. The van der Waals surface area contributed by atoms with Crippen molar-refractivity contribution in [2.24, 2.45) is 0 Å². The van der Waals surface area contributed by atoms with Crippen LogP contribution in [0.25, 0.3) is 0 Å². The molecular formula is C42H83N2+. The minimum absolute atomic E-state index is 0.604. The topological polar surface area (TPSA) is 8.81 Å². The van der Waals surface area contributed by atoms with Crippen molar-refractivity contribution < 1.29 is 4.57 Å². The van der Waals surface area contributed by atoms with Crippen LogP contribution in [0.1, 0.15) is 245 Å². The second-order valence-electron chi connectivity index (χ2n) is 14.8. The fraction of sp³-hybridized carbons (Fsp3) is 0.929. The Morgan fingerprint density at radius 1 is 0.432 bits per heavy atom. The minimum Gasteiger partial charge on any atom is -0.234 e. The first-order valence-electron chi connectivity index (χ1n) is 20.8. The third-order valence-corrected chi connectivity index (χ3v) is 10.0. The van der Waals surface area contributed by atoms with E-state index in [1.54, 1.807) is 5.82 Å². The zero-order valence-electron chi connectivity index (χ0n) is 31.2. The molecule has 0 spiro atoms. The monoisotopic (exact) mass is 616 g/mol. The number of imidazole rings is 1. The van der Waals surface area contributed by atoms with Crippen molar-refractivity contribution in [3.63, 3.8) is 0 Å². The number of aromatic nitrogens is 2. The zero-order valence-corrected chi connectivity index (χ0v) is 31.2. The summed E-state index contributed by atoms with van der Waals surface area (Å²) in [5.41, 5.74) is 0. The van der Waals surface area contributed by atoms with E-state index in [-0.39, 0.29) is 0 Å². The van der Waals surface area contributed by atoms with Gasteiger partial charge in [-0.2, -0.15) is 0 Å². The maximum atomic E-state index is 2.57. The van der Waals surface area contributed by atoms with Crippen molar-refractivity contribution in [1.82, 2.24) is 4.57 Å². The highest BCUT2D eigenvalue weighted by Crippen LogP contribution is 2.17. The van der Waals surface area contributed by atoms with Gasteiger partial charge >= 0.3 is 0 Å². The van der Waals surface area contributed by atoms with E-state index in [0.717, 1.165) is 0 Å². The summed E-state index contributed by atoms with van der Waals surface area (Å²) in [6, 6.07) is 0. The Kier molecular flexibility index (Phi) is 30.1. The van der Waals surface area contributed by atoms with Crippen LogP contribution in [0.5, 0.6) is 0 Å². The number of rotatable bonds is 35. The van der Waals surface area contributed by atoms with Gasteiger partial charge in [0.1, 0.15) is 12.4 Å². The molecule has 2 heteroatoms. The summed E-state index contributed by atoms with van der Waals surface area (Å²) in [5, 5.41) is 0. The summed E-state index contributed by atoms with van der Waals surface area (Å²) in [5.74, 6) is 2.15. The first-order chi connectivity index (χ1) is 21.7. The molecule has 0 N–H and O–H groups in total. The Labute approximate surface area is 279 Å². The maximum Gasteiger partial charge on any atom is 0.258 e. The number of hydrogen-bond donors (Lipinski definition) is 0. The highest BCUT2D eigenvalue weighted by atomic mass is 15.1. The zero-order chi connectivity index (χ0) is 31.8. The predicted molar refractivity (Wildman–Crippen MR) is 198 cm³/mol. The number of unbranched alkanes of at least 4 members (excludes halogenated alkanes) is 30. The Bertz CT molecular complexity index is 690. The number of nitrogens with zero attached hydrogens (tertiary/aromatic N) is 2. The fourth-order valence-electron chi connectivity index (χ4n) is 7.18. The van der Waals surface area contributed by atoms with Gasteiger partial charge in [0.05, 0.1) is 19.0 Å². The molecule has 0 amide bonds. The Hall–Kier alpha value is -0.790. The van der Waals surface area contributed by atoms with Crippen molar-refractivity contribution in [3.8, 4) is 0 Å². The van der Waals surface area contributed by atoms with Crippen LogP contribution in [-0.4, -0.2) is 4.57 Å². The van der Waals surface area contributed by atoms with Crippen LogP contribution in [-0.2, 0) is 13.1 Å². The molecule has 0 atom stereocenters. The molecule has 0 aliphatic rings. The molecule has 260 valence electrons. The molecule has 0 aliphatic heterocycles. The lowest BCUT2D eigenvalue weighted by Crippen LogP contribution is -2.38. The SMILES string of the molecule is CCCCCCCCCCCCCCCCCCC[n+]1ccn(CCCCCCCCCCCCCCCCC)c1C(C)C. The van der Waals surface area contributed by atoms with E-state index >= 15 is 0 Å². The van der Waals surface area contributed by atoms with E-state index in [0.29, 0.717) is 5.92 Å². The third-order valence-electron chi connectivity index (χ3n) is 10.0. The summed E-state index contributed by atoms with van der Waals surface area (Å²) in [6.07, 6.45) is 50.9. The predicted octanol–water partition coefficient (Wildman–Crippen LogP) is 14.4. The minimum atomic E-state index is 0.604. The quantitative estimate of drug-likeness (QED) is 0.0530. The molecule has 0 radical (unpaired) electrons. The van der Waals surface area contributed by atoms with Gasteiger partial charge < -0.3 is 0 Å². The first-order valence-corrected chi connectivity index (χ1v) is 20.8. The van der Waals surface area contributed by atoms with Crippen molar-refractivity contribution in [2.75, 3.05) is 0 Å². The summed E-state index contributed by atoms with van der Waals surface area (Å²) in [4.78, 5) is 0. The average molecular weight is 616 g/mol. The van der Waals surface area contributed by atoms with E-state index < -0.39 is 0 Å². The lowest BCUT2D eigenvalue weighted by atomic mass is 10.0. The van der Waals surface area contributed by atoms with Crippen molar-refractivity contribution in [3.05, 3.63) is 18.2 Å². The summed E-state index contributed by atoms with van der Waals surface area (Å²) < 4.78 is 5.14. The van der Waals surface area contributed by atoms with Gasteiger partial charge in [0.15, 0.2) is 0 Å². The molecule has 0 aromatic carbocycles. The van der Waals surface area contributed by atoms with Crippen LogP contribution in [0.4, 0.5) is 0 Å². The molecule has 0 bridgehead atoms. The molecule has 2 nitrogen and oxygen atoms in total. The second kappa shape index (κ2) is 32.2. The number of aryl methyl sites for hydroxylation is 2. The lowest BCUT2D eigenvalue weighted by molar-refractivity contribution is -0.705. The van der Waals surface area contributed by atoms with Gasteiger partial charge in [0, 0.05) is 0 Å². The van der Waals surface area contributed by atoms with Gasteiger partial charge in [-0.05, 0) is 25.7 Å². The normalized spacial score (nSPS) is 11.8. The summed E-state index contributed by atoms with van der Waals surface area (Å²) >= 11 is 0. The van der Waals surface area contributed by atoms with Crippen LogP contribution in [0, 0.1) is 0 Å².